The highest BCUT2D eigenvalue weighted by Crippen LogP contribution is 2.26. The van der Waals surface area contributed by atoms with Gasteiger partial charge in [0.2, 0.25) is 11.8 Å². The zero-order valence-electron chi connectivity index (χ0n) is 10.6. The van der Waals surface area contributed by atoms with Crippen molar-refractivity contribution in [2.75, 3.05) is 0 Å². The van der Waals surface area contributed by atoms with Crippen LogP contribution in [0, 0.1) is 15.9 Å². The van der Waals surface area contributed by atoms with Gasteiger partial charge in [0, 0.05) is 23.3 Å². The van der Waals surface area contributed by atoms with E-state index >= 15 is 0 Å². The van der Waals surface area contributed by atoms with Gasteiger partial charge in [-0.25, -0.2) is 4.39 Å². The highest BCUT2D eigenvalue weighted by molar-refractivity contribution is 5.60. The molecule has 21 heavy (non-hydrogen) atoms. The van der Waals surface area contributed by atoms with Crippen LogP contribution >= 0.6 is 0 Å². The van der Waals surface area contributed by atoms with Gasteiger partial charge in [-0.1, -0.05) is 6.07 Å². The molecule has 0 unspecified atom stereocenters. The molecule has 0 radical (unpaired) electrons. The summed E-state index contributed by atoms with van der Waals surface area (Å²) in [4.78, 5) is 10.2. The highest BCUT2D eigenvalue weighted by atomic mass is 19.1. The Morgan fingerprint density at radius 3 is 2.33 bits per heavy atom. The summed E-state index contributed by atoms with van der Waals surface area (Å²) in [6.45, 7) is 0. The molecule has 104 valence electrons. The summed E-state index contributed by atoms with van der Waals surface area (Å²) in [5, 5.41) is 18.5. The van der Waals surface area contributed by atoms with Gasteiger partial charge < -0.3 is 4.42 Å². The van der Waals surface area contributed by atoms with E-state index in [9.17, 15) is 14.5 Å². The molecule has 6 nitrogen and oxygen atoms in total. The molecule has 0 N–H and O–H groups in total. The minimum Gasteiger partial charge on any atom is -0.416 e. The third kappa shape index (κ3) is 2.62. The number of hydrogen-bond acceptors (Lipinski definition) is 5. The molecule has 0 fully saturated rings. The maximum Gasteiger partial charge on any atom is 0.270 e. The smallest absolute Gasteiger partial charge is 0.270 e. The summed E-state index contributed by atoms with van der Waals surface area (Å²) in [6.07, 6.45) is 0. The maximum atomic E-state index is 12.9. The highest BCUT2D eigenvalue weighted by Gasteiger charge is 2.13. The molecule has 7 heteroatoms. The van der Waals surface area contributed by atoms with E-state index in [2.05, 4.69) is 10.2 Å². The van der Waals surface area contributed by atoms with Crippen molar-refractivity contribution in [2.45, 2.75) is 0 Å². The minimum absolute atomic E-state index is 0.0611. The molecule has 0 aliphatic rings. The lowest BCUT2D eigenvalue weighted by Crippen LogP contribution is -1.88. The first-order valence-corrected chi connectivity index (χ1v) is 5.98. The second-order valence-corrected chi connectivity index (χ2v) is 4.23. The Morgan fingerprint density at radius 1 is 1.00 bits per heavy atom. The van der Waals surface area contributed by atoms with E-state index in [4.69, 9.17) is 4.42 Å². The molecule has 0 spiro atoms. The molecule has 0 bridgehead atoms. The van der Waals surface area contributed by atoms with E-state index in [1.165, 1.54) is 42.5 Å². The quantitative estimate of drug-likeness (QED) is 0.543. The van der Waals surface area contributed by atoms with Crippen molar-refractivity contribution in [1.29, 1.82) is 0 Å². The maximum absolute atomic E-state index is 12.9. The number of nitro groups is 1. The number of aromatic nitrogens is 2. The van der Waals surface area contributed by atoms with Crippen molar-refractivity contribution >= 4 is 5.69 Å². The summed E-state index contributed by atoms with van der Waals surface area (Å²) in [5.74, 6) is 0.0201. The lowest BCUT2D eigenvalue weighted by molar-refractivity contribution is -0.384. The van der Waals surface area contributed by atoms with E-state index in [1.54, 1.807) is 6.07 Å². The van der Waals surface area contributed by atoms with E-state index in [1.807, 2.05) is 0 Å². The second kappa shape index (κ2) is 5.12. The van der Waals surface area contributed by atoms with Crippen LogP contribution in [-0.4, -0.2) is 15.1 Å². The molecular formula is C14H8FN3O3. The van der Waals surface area contributed by atoms with Gasteiger partial charge >= 0.3 is 0 Å². The van der Waals surface area contributed by atoms with Crippen molar-refractivity contribution in [2.24, 2.45) is 0 Å². The van der Waals surface area contributed by atoms with Gasteiger partial charge in [-0.05, 0) is 30.3 Å². The molecule has 3 aromatic rings. The Bertz CT molecular complexity index is 799. The third-order valence-electron chi connectivity index (χ3n) is 2.82. The first kappa shape index (κ1) is 12.9. The summed E-state index contributed by atoms with van der Waals surface area (Å²) < 4.78 is 18.3. The average molecular weight is 285 g/mol. The van der Waals surface area contributed by atoms with Crippen molar-refractivity contribution < 1.29 is 13.7 Å². The molecular weight excluding hydrogens is 277 g/mol. The van der Waals surface area contributed by atoms with Crippen LogP contribution < -0.4 is 0 Å². The molecule has 0 atom stereocenters. The van der Waals surface area contributed by atoms with Crippen LogP contribution in [0.5, 0.6) is 0 Å². The van der Waals surface area contributed by atoms with Gasteiger partial charge in [0.15, 0.2) is 0 Å². The van der Waals surface area contributed by atoms with Crippen LogP contribution in [0.15, 0.2) is 52.9 Å². The third-order valence-corrected chi connectivity index (χ3v) is 2.82. The number of rotatable bonds is 3. The first-order valence-electron chi connectivity index (χ1n) is 5.98. The summed E-state index contributed by atoms with van der Waals surface area (Å²) in [5.41, 5.74) is 0.958. The van der Waals surface area contributed by atoms with Gasteiger partial charge in [-0.2, -0.15) is 0 Å². The van der Waals surface area contributed by atoms with Crippen molar-refractivity contribution in [3.8, 4) is 22.9 Å². The lowest BCUT2D eigenvalue weighted by atomic mass is 10.2. The average Bonchev–Trinajstić information content (AvgIpc) is 2.98. The van der Waals surface area contributed by atoms with Gasteiger partial charge in [0.1, 0.15) is 5.82 Å². The largest absolute Gasteiger partial charge is 0.416 e. The Balaban J connectivity index is 1.96. The predicted molar refractivity (Wildman–Crippen MR) is 71.8 cm³/mol. The zero-order valence-corrected chi connectivity index (χ0v) is 10.6. The fraction of sp³-hybridized carbons (Fsp3) is 0. The van der Waals surface area contributed by atoms with E-state index in [-0.39, 0.29) is 23.3 Å². The number of non-ortho nitro benzene ring substituents is 1. The van der Waals surface area contributed by atoms with Crippen LogP contribution in [0.2, 0.25) is 0 Å². The number of nitro benzene ring substituents is 1. The lowest BCUT2D eigenvalue weighted by Gasteiger charge is -1.96. The number of nitrogens with zero attached hydrogens (tertiary/aromatic N) is 3. The van der Waals surface area contributed by atoms with Crippen molar-refractivity contribution in [3.63, 3.8) is 0 Å². The Hall–Kier alpha value is -3.09. The van der Waals surface area contributed by atoms with Crippen LogP contribution in [0.3, 0.4) is 0 Å². The zero-order chi connectivity index (χ0) is 14.8. The second-order valence-electron chi connectivity index (χ2n) is 4.23. The molecule has 2 aromatic carbocycles. The van der Waals surface area contributed by atoms with Crippen molar-refractivity contribution in [3.05, 3.63) is 64.5 Å². The SMILES string of the molecule is O=[N+]([O-])c1cccc(-c2nnc(-c3ccc(F)cc3)o2)c1. The van der Waals surface area contributed by atoms with Crippen LogP contribution in [0.4, 0.5) is 10.1 Å². The molecule has 0 aliphatic carbocycles. The normalized spacial score (nSPS) is 10.5. The summed E-state index contributed by atoms with van der Waals surface area (Å²) in [6, 6.07) is 11.5. The first-order chi connectivity index (χ1) is 10.1. The van der Waals surface area contributed by atoms with Gasteiger partial charge in [0.25, 0.3) is 5.69 Å². The molecule has 0 aliphatic heterocycles. The Morgan fingerprint density at radius 2 is 1.67 bits per heavy atom. The Labute approximate surface area is 118 Å². The fourth-order valence-electron chi connectivity index (χ4n) is 1.80. The van der Waals surface area contributed by atoms with Gasteiger partial charge in [-0.3, -0.25) is 10.1 Å². The standard InChI is InChI=1S/C14H8FN3O3/c15-11-6-4-9(5-7-11)13-16-17-14(21-13)10-2-1-3-12(8-10)18(19)20/h1-8H. The van der Waals surface area contributed by atoms with E-state index in [0.29, 0.717) is 11.1 Å². The molecule has 1 aromatic heterocycles. The summed E-state index contributed by atoms with van der Waals surface area (Å²) in [7, 11) is 0. The molecule has 0 saturated heterocycles. The number of hydrogen-bond donors (Lipinski definition) is 0. The van der Waals surface area contributed by atoms with Gasteiger partial charge in [-0.15, -0.1) is 10.2 Å². The number of benzene rings is 2. The van der Waals surface area contributed by atoms with Crippen LogP contribution in [-0.2, 0) is 0 Å². The monoisotopic (exact) mass is 285 g/mol. The molecule has 3 rings (SSSR count). The predicted octanol–water partition coefficient (Wildman–Crippen LogP) is 3.45. The van der Waals surface area contributed by atoms with E-state index < -0.39 is 4.92 Å². The Kier molecular flexibility index (Phi) is 3.15. The van der Waals surface area contributed by atoms with Crippen LogP contribution in [0.25, 0.3) is 22.9 Å². The minimum atomic E-state index is -0.499. The fourth-order valence-corrected chi connectivity index (χ4v) is 1.80. The van der Waals surface area contributed by atoms with Crippen LogP contribution in [0.1, 0.15) is 0 Å². The van der Waals surface area contributed by atoms with E-state index in [0.717, 1.165) is 0 Å². The summed E-state index contributed by atoms with van der Waals surface area (Å²) >= 11 is 0. The molecule has 0 saturated carbocycles. The number of halogens is 1. The molecule has 0 amide bonds. The van der Waals surface area contributed by atoms with Crippen molar-refractivity contribution in [1.82, 2.24) is 10.2 Å². The van der Waals surface area contributed by atoms with Gasteiger partial charge in [0.05, 0.1) is 4.92 Å². The molecule has 1 heterocycles. The topological polar surface area (TPSA) is 82.1 Å².